The van der Waals surface area contributed by atoms with E-state index in [2.05, 4.69) is 15.9 Å². The van der Waals surface area contributed by atoms with Gasteiger partial charge in [-0.3, -0.25) is 4.79 Å². The molecule has 1 aromatic carbocycles. The van der Waals surface area contributed by atoms with E-state index in [1.807, 2.05) is 24.3 Å². The number of carbonyl (C=O) groups is 1. The molecule has 1 heterocycles. The van der Waals surface area contributed by atoms with Crippen molar-refractivity contribution in [3.63, 3.8) is 0 Å². The maximum Gasteiger partial charge on any atom is 0.140 e. The summed E-state index contributed by atoms with van der Waals surface area (Å²) in [5.41, 5.74) is 1.15. The number of Topliss-reactive ketones (excluding diaryl/α,β-unsaturated/α-hetero) is 1. The van der Waals surface area contributed by atoms with Gasteiger partial charge in [0.2, 0.25) is 0 Å². The highest BCUT2D eigenvalue weighted by molar-refractivity contribution is 9.10. The number of benzene rings is 1. The SMILES string of the molecule is O=C(Cc1cccc(Br)c1)C1CCOC2(CCCC2)C1. The summed E-state index contributed by atoms with van der Waals surface area (Å²) in [6.07, 6.45) is 7.20. The fourth-order valence-corrected chi connectivity index (χ4v) is 4.11. The number of rotatable bonds is 3. The third-order valence-electron chi connectivity index (χ3n) is 4.73. The first-order chi connectivity index (χ1) is 9.67. The van der Waals surface area contributed by atoms with Crippen LogP contribution in [-0.4, -0.2) is 18.0 Å². The second-order valence-corrected chi connectivity index (χ2v) is 7.12. The number of hydrogen-bond donors (Lipinski definition) is 0. The van der Waals surface area contributed by atoms with Crippen molar-refractivity contribution in [1.82, 2.24) is 0 Å². The highest BCUT2D eigenvalue weighted by Crippen LogP contribution is 2.42. The molecule has 1 unspecified atom stereocenters. The first kappa shape index (κ1) is 14.3. The number of hydrogen-bond acceptors (Lipinski definition) is 2. The summed E-state index contributed by atoms with van der Waals surface area (Å²) in [5.74, 6) is 0.582. The van der Waals surface area contributed by atoms with Crippen molar-refractivity contribution in [3.8, 4) is 0 Å². The van der Waals surface area contributed by atoms with Gasteiger partial charge in [0.05, 0.1) is 5.60 Å². The molecule has 3 rings (SSSR count). The highest BCUT2D eigenvalue weighted by atomic mass is 79.9. The van der Waals surface area contributed by atoms with Gasteiger partial charge in [-0.15, -0.1) is 0 Å². The molecule has 0 radical (unpaired) electrons. The van der Waals surface area contributed by atoms with Crippen LogP contribution >= 0.6 is 15.9 Å². The van der Waals surface area contributed by atoms with Crippen LogP contribution in [0.15, 0.2) is 28.7 Å². The fraction of sp³-hybridized carbons (Fsp3) is 0.588. The predicted octanol–water partition coefficient (Wildman–Crippen LogP) is 4.30. The zero-order valence-corrected chi connectivity index (χ0v) is 13.3. The van der Waals surface area contributed by atoms with Gasteiger partial charge in [0.25, 0.3) is 0 Å². The molecule has 1 aliphatic carbocycles. The third-order valence-corrected chi connectivity index (χ3v) is 5.22. The van der Waals surface area contributed by atoms with Crippen LogP contribution in [0.1, 0.15) is 44.1 Å². The molecule has 1 atom stereocenters. The monoisotopic (exact) mass is 336 g/mol. The van der Waals surface area contributed by atoms with Crippen LogP contribution in [0.25, 0.3) is 0 Å². The zero-order valence-electron chi connectivity index (χ0n) is 11.7. The Morgan fingerprint density at radius 3 is 2.90 bits per heavy atom. The molecule has 1 aromatic rings. The summed E-state index contributed by atoms with van der Waals surface area (Å²) in [5, 5.41) is 0. The van der Waals surface area contributed by atoms with E-state index in [0.29, 0.717) is 12.2 Å². The topological polar surface area (TPSA) is 26.3 Å². The standard InChI is InChI=1S/C17H21BrO2/c18-15-5-3-4-13(10-15)11-16(19)14-6-9-20-17(12-14)7-1-2-8-17/h3-5,10,14H,1-2,6-9,11-12H2. The molecular weight excluding hydrogens is 316 g/mol. The summed E-state index contributed by atoms with van der Waals surface area (Å²) in [4.78, 5) is 12.5. The van der Waals surface area contributed by atoms with Crippen molar-refractivity contribution < 1.29 is 9.53 Å². The predicted molar refractivity (Wildman–Crippen MR) is 82.7 cm³/mol. The minimum atomic E-state index is 0.0375. The first-order valence-electron chi connectivity index (χ1n) is 7.58. The van der Waals surface area contributed by atoms with E-state index < -0.39 is 0 Å². The quantitative estimate of drug-likeness (QED) is 0.822. The molecule has 1 spiro atoms. The molecule has 0 amide bonds. The van der Waals surface area contributed by atoms with Gasteiger partial charge in [0, 0.05) is 23.4 Å². The molecule has 0 aromatic heterocycles. The Balaban J connectivity index is 1.65. The molecule has 2 nitrogen and oxygen atoms in total. The maximum absolute atomic E-state index is 12.5. The van der Waals surface area contributed by atoms with Gasteiger partial charge >= 0.3 is 0 Å². The number of carbonyl (C=O) groups excluding carboxylic acids is 1. The van der Waals surface area contributed by atoms with Crippen LogP contribution in [0.2, 0.25) is 0 Å². The molecule has 1 saturated heterocycles. The van der Waals surface area contributed by atoms with Crippen LogP contribution in [0, 0.1) is 5.92 Å². The summed E-state index contributed by atoms with van der Waals surface area (Å²) < 4.78 is 7.06. The van der Waals surface area contributed by atoms with E-state index in [0.717, 1.165) is 42.3 Å². The van der Waals surface area contributed by atoms with Crippen molar-refractivity contribution >= 4 is 21.7 Å². The third kappa shape index (κ3) is 3.15. The normalized spacial score (nSPS) is 24.9. The van der Waals surface area contributed by atoms with Crippen LogP contribution in [-0.2, 0) is 16.0 Å². The van der Waals surface area contributed by atoms with Gasteiger partial charge < -0.3 is 4.74 Å². The van der Waals surface area contributed by atoms with Crippen molar-refractivity contribution in [1.29, 1.82) is 0 Å². The Kier molecular flexibility index (Phi) is 4.27. The Morgan fingerprint density at radius 1 is 1.35 bits per heavy atom. The van der Waals surface area contributed by atoms with Crippen molar-refractivity contribution in [2.45, 2.75) is 50.5 Å². The zero-order chi connectivity index (χ0) is 14.0. The molecule has 2 fully saturated rings. The molecule has 1 saturated carbocycles. The van der Waals surface area contributed by atoms with E-state index in [9.17, 15) is 4.79 Å². The smallest absolute Gasteiger partial charge is 0.140 e. The molecule has 1 aliphatic heterocycles. The van der Waals surface area contributed by atoms with E-state index in [-0.39, 0.29) is 11.5 Å². The molecule has 20 heavy (non-hydrogen) atoms. The second-order valence-electron chi connectivity index (χ2n) is 6.20. The number of ether oxygens (including phenoxy) is 1. The average molecular weight is 337 g/mol. The lowest BCUT2D eigenvalue weighted by atomic mass is 9.81. The van der Waals surface area contributed by atoms with E-state index in [1.165, 1.54) is 12.8 Å². The fourth-order valence-electron chi connectivity index (χ4n) is 3.66. The lowest BCUT2D eigenvalue weighted by molar-refractivity contribution is -0.135. The minimum absolute atomic E-state index is 0.0375. The number of halogens is 1. The van der Waals surface area contributed by atoms with Gasteiger partial charge in [-0.1, -0.05) is 40.9 Å². The highest BCUT2D eigenvalue weighted by Gasteiger charge is 2.41. The van der Waals surface area contributed by atoms with E-state index in [1.54, 1.807) is 0 Å². The summed E-state index contributed by atoms with van der Waals surface area (Å²) >= 11 is 3.47. The lowest BCUT2D eigenvalue weighted by Gasteiger charge is -2.37. The lowest BCUT2D eigenvalue weighted by Crippen LogP contribution is -2.40. The van der Waals surface area contributed by atoms with Gasteiger partial charge in [0.15, 0.2) is 0 Å². The Bertz CT molecular complexity index is 492. The number of ketones is 1. The van der Waals surface area contributed by atoms with Crippen LogP contribution in [0.5, 0.6) is 0 Å². The van der Waals surface area contributed by atoms with Crippen LogP contribution in [0.4, 0.5) is 0 Å². The van der Waals surface area contributed by atoms with Crippen LogP contribution in [0.3, 0.4) is 0 Å². The van der Waals surface area contributed by atoms with Crippen LogP contribution < -0.4 is 0 Å². The van der Waals surface area contributed by atoms with Gasteiger partial charge in [0.1, 0.15) is 5.78 Å². The summed E-state index contributed by atoms with van der Waals surface area (Å²) in [6, 6.07) is 8.07. The molecular formula is C17H21BrO2. The van der Waals surface area contributed by atoms with Crippen molar-refractivity contribution in [2.75, 3.05) is 6.61 Å². The first-order valence-corrected chi connectivity index (χ1v) is 8.37. The van der Waals surface area contributed by atoms with E-state index >= 15 is 0 Å². The second kappa shape index (κ2) is 5.98. The Hall–Kier alpha value is -0.670. The molecule has 3 heteroatoms. The van der Waals surface area contributed by atoms with E-state index in [4.69, 9.17) is 4.74 Å². The Morgan fingerprint density at radius 2 is 2.15 bits per heavy atom. The average Bonchev–Trinajstić information content (AvgIpc) is 2.87. The largest absolute Gasteiger partial charge is 0.375 e. The van der Waals surface area contributed by atoms with Gasteiger partial charge in [-0.25, -0.2) is 0 Å². The maximum atomic E-state index is 12.5. The van der Waals surface area contributed by atoms with Gasteiger partial charge in [-0.2, -0.15) is 0 Å². The minimum Gasteiger partial charge on any atom is -0.375 e. The summed E-state index contributed by atoms with van der Waals surface area (Å²) in [7, 11) is 0. The molecule has 0 N–H and O–H groups in total. The van der Waals surface area contributed by atoms with Crippen molar-refractivity contribution in [2.24, 2.45) is 5.92 Å². The van der Waals surface area contributed by atoms with Crippen molar-refractivity contribution in [3.05, 3.63) is 34.3 Å². The molecule has 2 aliphatic rings. The summed E-state index contributed by atoms with van der Waals surface area (Å²) in [6.45, 7) is 0.759. The molecule has 108 valence electrons. The van der Waals surface area contributed by atoms with Gasteiger partial charge in [-0.05, 0) is 43.4 Å². The molecule has 0 bridgehead atoms. The Labute approximate surface area is 129 Å².